The maximum absolute atomic E-state index is 11.8. The number of amides is 1. The van der Waals surface area contributed by atoms with Crippen LogP contribution in [0.1, 0.15) is 32.7 Å². The molecule has 1 heterocycles. The standard InChI is InChI=1S/C26H24N2O4/c1-16-20(26(30)31)9-6-10-24(16)32-19-11-12-23-22(13-19)21(14-25(27)29)17(2)28(23)15-18-7-4-3-5-8-18/h3-13H,14-15H2,1-2H3,(H2,27,29)(H,30,31). The summed E-state index contributed by atoms with van der Waals surface area (Å²) in [6.45, 7) is 4.38. The van der Waals surface area contributed by atoms with Crippen molar-refractivity contribution in [2.24, 2.45) is 5.73 Å². The molecule has 0 aliphatic rings. The minimum atomic E-state index is -0.999. The molecule has 1 amide bonds. The smallest absolute Gasteiger partial charge is 0.336 e. The lowest BCUT2D eigenvalue weighted by Crippen LogP contribution is -2.14. The largest absolute Gasteiger partial charge is 0.478 e. The highest BCUT2D eigenvalue weighted by Crippen LogP contribution is 2.33. The molecule has 0 fully saturated rings. The number of ether oxygens (including phenoxy) is 1. The molecule has 1 aromatic heterocycles. The van der Waals surface area contributed by atoms with E-state index < -0.39 is 11.9 Å². The second-order valence-electron chi connectivity index (χ2n) is 7.79. The summed E-state index contributed by atoms with van der Waals surface area (Å²) in [6, 6.07) is 20.7. The van der Waals surface area contributed by atoms with Crippen LogP contribution in [0.2, 0.25) is 0 Å². The van der Waals surface area contributed by atoms with Gasteiger partial charge in [0, 0.05) is 28.7 Å². The van der Waals surface area contributed by atoms with E-state index in [0.29, 0.717) is 23.6 Å². The van der Waals surface area contributed by atoms with Crippen LogP contribution in [-0.2, 0) is 17.8 Å². The predicted octanol–water partition coefficient (Wildman–Crippen LogP) is 4.82. The Labute approximate surface area is 185 Å². The number of carboxylic acids is 1. The molecule has 0 spiro atoms. The van der Waals surface area contributed by atoms with Gasteiger partial charge in [0.25, 0.3) is 0 Å². The summed E-state index contributed by atoms with van der Waals surface area (Å²) in [7, 11) is 0. The van der Waals surface area contributed by atoms with Gasteiger partial charge in [-0.3, -0.25) is 4.79 Å². The quantitative estimate of drug-likeness (QED) is 0.441. The molecule has 0 aliphatic heterocycles. The van der Waals surface area contributed by atoms with E-state index in [2.05, 4.69) is 16.7 Å². The van der Waals surface area contributed by atoms with Gasteiger partial charge in [0.1, 0.15) is 11.5 Å². The second kappa shape index (κ2) is 8.59. The lowest BCUT2D eigenvalue weighted by Gasteiger charge is -2.12. The maximum Gasteiger partial charge on any atom is 0.336 e. The van der Waals surface area contributed by atoms with Crippen molar-refractivity contribution in [3.05, 3.63) is 94.7 Å². The number of carboxylic acid groups (broad SMARTS) is 1. The molecule has 0 bridgehead atoms. The molecule has 4 rings (SSSR count). The van der Waals surface area contributed by atoms with Crippen LogP contribution >= 0.6 is 0 Å². The molecule has 0 radical (unpaired) electrons. The molecule has 3 N–H and O–H groups in total. The molecule has 0 saturated heterocycles. The molecule has 162 valence electrons. The number of primary amides is 1. The summed E-state index contributed by atoms with van der Waals surface area (Å²) in [5.74, 6) is -0.365. The number of carbonyl (C=O) groups is 2. The van der Waals surface area contributed by atoms with E-state index >= 15 is 0 Å². The number of carbonyl (C=O) groups excluding carboxylic acids is 1. The molecule has 0 unspecified atom stereocenters. The number of aromatic carboxylic acids is 1. The molecule has 4 aromatic rings. The van der Waals surface area contributed by atoms with Gasteiger partial charge >= 0.3 is 5.97 Å². The van der Waals surface area contributed by atoms with Gasteiger partial charge in [-0.05, 0) is 55.3 Å². The van der Waals surface area contributed by atoms with Crippen LogP contribution in [-0.4, -0.2) is 21.6 Å². The first-order valence-corrected chi connectivity index (χ1v) is 10.3. The lowest BCUT2D eigenvalue weighted by molar-refractivity contribution is -0.117. The SMILES string of the molecule is Cc1c(Oc2ccc3c(c2)c(CC(N)=O)c(C)n3Cc2ccccc2)cccc1C(=O)O. The summed E-state index contributed by atoms with van der Waals surface area (Å²) >= 11 is 0. The molecule has 0 saturated carbocycles. The van der Waals surface area contributed by atoms with E-state index in [-0.39, 0.29) is 12.0 Å². The molecule has 32 heavy (non-hydrogen) atoms. The van der Waals surface area contributed by atoms with Gasteiger partial charge in [-0.1, -0.05) is 36.4 Å². The van der Waals surface area contributed by atoms with Crippen molar-refractivity contribution in [2.75, 3.05) is 0 Å². The minimum absolute atomic E-state index is 0.126. The number of fused-ring (bicyclic) bond motifs is 1. The van der Waals surface area contributed by atoms with Crippen molar-refractivity contribution >= 4 is 22.8 Å². The zero-order valence-corrected chi connectivity index (χ0v) is 18.0. The van der Waals surface area contributed by atoms with E-state index in [0.717, 1.165) is 27.7 Å². The van der Waals surface area contributed by atoms with Gasteiger partial charge in [-0.15, -0.1) is 0 Å². The van der Waals surface area contributed by atoms with Crippen molar-refractivity contribution in [1.82, 2.24) is 4.57 Å². The third-order valence-corrected chi connectivity index (χ3v) is 5.70. The fourth-order valence-electron chi connectivity index (χ4n) is 4.05. The number of nitrogens with two attached hydrogens (primary N) is 1. The Morgan fingerprint density at radius 3 is 2.44 bits per heavy atom. The van der Waals surface area contributed by atoms with Gasteiger partial charge < -0.3 is 20.1 Å². The van der Waals surface area contributed by atoms with Crippen LogP contribution < -0.4 is 10.5 Å². The first kappa shape index (κ1) is 21.2. The zero-order chi connectivity index (χ0) is 22.8. The summed E-state index contributed by atoms with van der Waals surface area (Å²) in [4.78, 5) is 23.2. The average molecular weight is 428 g/mol. The fourth-order valence-corrected chi connectivity index (χ4v) is 4.05. The Balaban J connectivity index is 1.78. The van der Waals surface area contributed by atoms with Crippen LogP contribution in [0.15, 0.2) is 66.7 Å². The summed E-state index contributed by atoms with van der Waals surface area (Å²) < 4.78 is 8.22. The fraction of sp³-hybridized carbons (Fsp3) is 0.154. The van der Waals surface area contributed by atoms with E-state index in [4.69, 9.17) is 10.5 Å². The third kappa shape index (κ3) is 4.07. The maximum atomic E-state index is 11.8. The third-order valence-electron chi connectivity index (χ3n) is 5.70. The topological polar surface area (TPSA) is 94.5 Å². The summed E-state index contributed by atoms with van der Waals surface area (Å²) in [5.41, 5.74) is 10.3. The monoisotopic (exact) mass is 428 g/mol. The van der Waals surface area contributed by atoms with Crippen molar-refractivity contribution < 1.29 is 19.4 Å². The number of hydrogen-bond acceptors (Lipinski definition) is 3. The highest BCUT2D eigenvalue weighted by molar-refractivity contribution is 5.92. The van der Waals surface area contributed by atoms with Crippen LogP contribution in [0.25, 0.3) is 10.9 Å². The van der Waals surface area contributed by atoms with Crippen LogP contribution in [0.5, 0.6) is 11.5 Å². The van der Waals surface area contributed by atoms with Crippen molar-refractivity contribution in [2.45, 2.75) is 26.8 Å². The molecular weight excluding hydrogens is 404 g/mol. The van der Waals surface area contributed by atoms with Crippen LogP contribution in [0, 0.1) is 13.8 Å². The van der Waals surface area contributed by atoms with Gasteiger partial charge in [-0.2, -0.15) is 0 Å². The number of benzene rings is 3. The zero-order valence-electron chi connectivity index (χ0n) is 18.0. The Kier molecular flexibility index (Phi) is 5.69. The van der Waals surface area contributed by atoms with E-state index in [1.54, 1.807) is 25.1 Å². The number of nitrogens with zero attached hydrogens (tertiary/aromatic N) is 1. The van der Waals surface area contributed by atoms with Crippen molar-refractivity contribution in [3.8, 4) is 11.5 Å². The van der Waals surface area contributed by atoms with Gasteiger partial charge in [0.05, 0.1) is 12.0 Å². The summed E-state index contributed by atoms with van der Waals surface area (Å²) in [6.07, 6.45) is 0.126. The number of hydrogen-bond donors (Lipinski definition) is 2. The normalized spacial score (nSPS) is 10.9. The first-order valence-electron chi connectivity index (χ1n) is 10.3. The number of rotatable bonds is 7. The van der Waals surface area contributed by atoms with Crippen molar-refractivity contribution in [1.29, 1.82) is 0 Å². The highest BCUT2D eigenvalue weighted by atomic mass is 16.5. The van der Waals surface area contributed by atoms with E-state index in [9.17, 15) is 14.7 Å². The molecule has 6 nitrogen and oxygen atoms in total. The molecular formula is C26H24N2O4. The lowest BCUT2D eigenvalue weighted by atomic mass is 10.1. The average Bonchev–Trinajstić information content (AvgIpc) is 3.01. The predicted molar refractivity (Wildman–Crippen MR) is 123 cm³/mol. The minimum Gasteiger partial charge on any atom is -0.478 e. The van der Waals surface area contributed by atoms with E-state index in [1.165, 1.54) is 0 Å². The van der Waals surface area contributed by atoms with Crippen LogP contribution in [0.3, 0.4) is 0 Å². The Bertz CT molecular complexity index is 1320. The van der Waals surface area contributed by atoms with Gasteiger partial charge in [0.2, 0.25) is 5.91 Å². The molecule has 0 atom stereocenters. The Morgan fingerprint density at radius 1 is 1.00 bits per heavy atom. The molecule has 0 aliphatic carbocycles. The second-order valence-corrected chi connectivity index (χ2v) is 7.79. The van der Waals surface area contributed by atoms with Gasteiger partial charge in [-0.25, -0.2) is 4.79 Å². The Morgan fingerprint density at radius 2 is 1.75 bits per heavy atom. The highest BCUT2D eigenvalue weighted by Gasteiger charge is 2.18. The summed E-state index contributed by atoms with van der Waals surface area (Å²) in [5, 5.41) is 10.3. The first-order chi connectivity index (χ1) is 15.3. The molecule has 6 heteroatoms. The Hall–Kier alpha value is -4.06. The van der Waals surface area contributed by atoms with Crippen molar-refractivity contribution in [3.63, 3.8) is 0 Å². The molecule has 3 aromatic carbocycles. The van der Waals surface area contributed by atoms with Crippen LogP contribution in [0.4, 0.5) is 0 Å². The number of aromatic nitrogens is 1. The van der Waals surface area contributed by atoms with Gasteiger partial charge in [0.15, 0.2) is 0 Å². The van der Waals surface area contributed by atoms with E-state index in [1.807, 2.05) is 43.3 Å².